The minimum atomic E-state index is -4.41. The lowest BCUT2D eigenvalue weighted by Gasteiger charge is -2.09. The molecule has 0 aliphatic heterocycles. The molecule has 34 heavy (non-hydrogen) atoms. The summed E-state index contributed by atoms with van der Waals surface area (Å²) in [4.78, 5) is 12.5. The van der Waals surface area contributed by atoms with E-state index in [2.05, 4.69) is 10.4 Å². The highest BCUT2D eigenvalue weighted by Crippen LogP contribution is 2.29. The van der Waals surface area contributed by atoms with Crippen molar-refractivity contribution in [3.8, 4) is 5.75 Å². The van der Waals surface area contributed by atoms with Crippen LogP contribution in [0.3, 0.4) is 0 Å². The molecule has 0 bridgehead atoms. The molecule has 0 aliphatic carbocycles. The van der Waals surface area contributed by atoms with Crippen molar-refractivity contribution in [2.75, 3.05) is 5.32 Å². The van der Waals surface area contributed by atoms with Gasteiger partial charge in [0.25, 0.3) is 5.91 Å². The predicted octanol–water partition coefficient (Wildman–Crippen LogP) is 6.43. The van der Waals surface area contributed by atoms with Gasteiger partial charge in [0.2, 0.25) is 0 Å². The standard InChI is InChI=1S/C25H19ClF3N3O2/c26-21-8-10-23(11-9-21)34-16-17-4-6-19(7-5-17)24(33)31-22-13-30-32(15-22)14-18-2-1-3-20(12-18)25(27,28)29/h1-13,15H,14,16H2,(H,31,33). The minimum Gasteiger partial charge on any atom is -0.489 e. The maximum absolute atomic E-state index is 12.9. The van der Waals surface area contributed by atoms with Gasteiger partial charge in [-0.05, 0) is 59.7 Å². The summed E-state index contributed by atoms with van der Waals surface area (Å²) in [7, 11) is 0. The fourth-order valence-electron chi connectivity index (χ4n) is 3.20. The third-order valence-electron chi connectivity index (χ3n) is 4.93. The molecule has 0 saturated heterocycles. The summed E-state index contributed by atoms with van der Waals surface area (Å²) in [6.07, 6.45) is -1.40. The van der Waals surface area contributed by atoms with Gasteiger partial charge in [0.15, 0.2) is 0 Å². The Hall–Kier alpha value is -3.78. The summed E-state index contributed by atoms with van der Waals surface area (Å²) >= 11 is 5.86. The molecule has 4 aromatic rings. The number of ether oxygens (including phenoxy) is 1. The predicted molar refractivity (Wildman–Crippen MR) is 123 cm³/mol. The normalized spacial score (nSPS) is 11.3. The summed E-state index contributed by atoms with van der Waals surface area (Å²) < 4.78 is 45.8. The average Bonchev–Trinajstić information content (AvgIpc) is 3.25. The number of carbonyl (C=O) groups excluding carboxylic acids is 1. The van der Waals surface area contributed by atoms with Gasteiger partial charge in [0, 0.05) is 16.8 Å². The van der Waals surface area contributed by atoms with Gasteiger partial charge in [0.1, 0.15) is 12.4 Å². The van der Waals surface area contributed by atoms with E-state index in [1.54, 1.807) is 60.8 Å². The highest BCUT2D eigenvalue weighted by Gasteiger charge is 2.30. The average molecular weight is 486 g/mol. The van der Waals surface area contributed by atoms with Crippen LogP contribution in [0.15, 0.2) is 85.2 Å². The first-order valence-corrected chi connectivity index (χ1v) is 10.6. The highest BCUT2D eigenvalue weighted by atomic mass is 35.5. The van der Waals surface area contributed by atoms with Gasteiger partial charge in [-0.2, -0.15) is 18.3 Å². The molecule has 0 unspecified atom stereocenters. The molecule has 0 radical (unpaired) electrons. The number of carbonyl (C=O) groups is 1. The molecule has 1 aromatic heterocycles. The first-order valence-electron chi connectivity index (χ1n) is 10.2. The van der Waals surface area contributed by atoms with Crippen molar-refractivity contribution in [2.45, 2.75) is 19.3 Å². The van der Waals surface area contributed by atoms with E-state index >= 15 is 0 Å². The number of nitrogens with zero attached hydrogens (tertiary/aromatic N) is 2. The Morgan fingerprint density at radius 1 is 1.00 bits per heavy atom. The van der Waals surface area contributed by atoms with Crippen molar-refractivity contribution in [1.29, 1.82) is 0 Å². The van der Waals surface area contributed by atoms with E-state index in [9.17, 15) is 18.0 Å². The van der Waals surface area contributed by atoms with Crippen LogP contribution in [0.2, 0.25) is 5.02 Å². The van der Waals surface area contributed by atoms with Crippen molar-refractivity contribution in [3.63, 3.8) is 0 Å². The number of aromatic nitrogens is 2. The van der Waals surface area contributed by atoms with E-state index in [0.29, 0.717) is 34.2 Å². The number of hydrogen-bond donors (Lipinski definition) is 1. The SMILES string of the molecule is O=C(Nc1cnn(Cc2cccc(C(F)(F)F)c2)c1)c1ccc(COc2ccc(Cl)cc2)cc1. The van der Waals surface area contributed by atoms with Crippen LogP contribution >= 0.6 is 11.6 Å². The van der Waals surface area contributed by atoms with Gasteiger partial charge >= 0.3 is 6.18 Å². The topological polar surface area (TPSA) is 56.2 Å². The van der Waals surface area contributed by atoms with Crippen LogP contribution in [0.1, 0.15) is 27.0 Å². The molecule has 0 aliphatic rings. The highest BCUT2D eigenvalue weighted by molar-refractivity contribution is 6.30. The monoisotopic (exact) mass is 485 g/mol. The number of rotatable bonds is 7. The van der Waals surface area contributed by atoms with Crippen molar-refractivity contribution in [3.05, 3.63) is 112 Å². The van der Waals surface area contributed by atoms with Gasteiger partial charge < -0.3 is 10.1 Å². The molecule has 174 valence electrons. The number of amides is 1. The summed E-state index contributed by atoms with van der Waals surface area (Å²) in [6.45, 7) is 0.480. The summed E-state index contributed by atoms with van der Waals surface area (Å²) in [5, 5.41) is 7.48. The van der Waals surface area contributed by atoms with Gasteiger partial charge in [0.05, 0.1) is 24.0 Å². The Bertz CT molecular complexity index is 1270. The van der Waals surface area contributed by atoms with Crippen LogP contribution in [0.5, 0.6) is 5.75 Å². The summed E-state index contributed by atoms with van der Waals surface area (Å²) in [5.41, 5.74) is 1.51. The summed E-state index contributed by atoms with van der Waals surface area (Å²) in [6, 6.07) is 19.0. The van der Waals surface area contributed by atoms with Gasteiger partial charge in [-0.15, -0.1) is 0 Å². The van der Waals surface area contributed by atoms with E-state index in [4.69, 9.17) is 16.3 Å². The third kappa shape index (κ3) is 6.17. The Kier molecular flexibility index (Phi) is 6.88. The zero-order valence-electron chi connectivity index (χ0n) is 17.7. The van der Waals surface area contributed by atoms with E-state index < -0.39 is 11.7 Å². The number of anilines is 1. The maximum Gasteiger partial charge on any atom is 0.416 e. The second-order valence-electron chi connectivity index (χ2n) is 7.52. The second-order valence-corrected chi connectivity index (χ2v) is 7.95. The van der Waals surface area contributed by atoms with E-state index in [1.165, 1.54) is 16.9 Å². The second kappa shape index (κ2) is 10.0. The Morgan fingerprint density at radius 3 is 2.44 bits per heavy atom. The zero-order valence-corrected chi connectivity index (χ0v) is 18.5. The van der Waals surface area contributed by atoms with Crippen LogP contribution in [-0.2, 0) is 19.3 Å². The van der Waals surface area contributed by atoms with Crippen molar-refractivity contribution in [1.82, 2.24) is 9.78 Å². The van der Waals surface area contributed by atoms with Gasteiger partial charge in [-0.25, -0.2) is 0 Å². The number of nitrogens with one attached hydrogen (secondary N) is 1. The molecule has 0 spiro atoms. The molecule has 1 N–H and O–H groups in total. The van der Waals surface area contributed by atoms with Crippen molar-refractivity contribution < 1.29 is 22.7 Å². The van der Waals surface area contributed by atoms with Crippen LogP contribution < -0.4 is 10.1 Å². The lowest BCUT2D eigenvalue weighted by atomic mass is 10.1. The Labute approximate surface area is 198 Å². The van der Waals surface area contributed by atoms with Crippen molar-refractivity contribution >= 4 is 23.2 Å². The molecule has 1 amide bonds. The largest absolute Gasteiger partial charge is 0.489 e. The number of halogens is 4. The minimum absolute atomic E-state index is 0.141. The number of benzene rings is 3. The summed E-state index contributed by atoms with van der Waals surface area (Å²) in [5.74, 6) is 0.358. The zero-order chi connectivity index (χ0) is 24.1. The number of alkyl halides is 3. The fraction of sp³-hybridized carbons (Fsp3) is 0.120. The van der Waals surface area contributed by atoms with Gasteiger partial charge in [-0.3, -0.25) is 9.48 Å². The molecule has 0 fully saturated rings. The lowest BCUT2D eigenvalue weighted by molar-refractivity contribution is -0.137. The van der Waals surface area contributed by atoms with Crippen LogP contribution in [0, 0.1) is 0 Å². The van der Waals surface area contributed by atoms with Crippen LogP contribution in [0.25, 0.3) is 0 Å². The van der Waals surface area contributed by atoms with Crippen LogP contribution in [0.4, 0.5) is 18.9 Å². The molecular weight excluding hydrogens is 467 g/mol. The maximum atomic E-state index is 12.9. The number of hydrogen-bond acceptors (Lipinski definition) is 3. The van der Waals surface area contributed by atoms with Crippen molar-refractivity contribution in [2.24, 2.45) is 0 Å². The molecule has 0 atom stereocenters. The fourth-order valence-corrected chi connectivity index (χ4v) is 3.33. The smallest absolute Gasteiger partial charge is 0.416 e. The third-order valence-corrected chi connectivity index (χ3v) is 5.18. The molecule has 3 aromatic carbocycles. The lowest BCUT2D eigenvalue weighted by Crippen LogP contribution is -2.11. The molecule has 9 heteroatoms. The molecular formula is C25H19ClF3N3O2. The van der Waals surface area contributed by atoms with E-state index in [0.717, 1.165) is 17.7 Å². The Morgan fingerprint density at radius 2 is 1.74 bits per heavy atom. The van der Waals surface area contributed by atoms with Gasteiger partial charge in [-0.1, -0.05) is 35.9 Å². The first kappa shape index (κ1) is 23.4. The molecule has 0 saturated carbocycles. The van der Waals surface area contributed by atoms with E-state index in [-0.39, 0.29) is 12.5 Å². The molecule has 4 rings (SSSR count). The quantitative estimate of drug-likeness (QED) is 0.328. The van der Waals surface area contributed by atoms with Crippen LogP contribution in [-0.4, -0.2) is 15.7 Å². The molecule has 5 nitrogen and oxygen atoms in total. The molecule has 1 heterocycles. The Balaban J connectivity index is 1.33. The van der Waals surface area contributed by atoms with E-state index in [1.807, 2.05) is 0 Å². The first-order chi connectivity index (χ1) is 16.3.